The Hall–Kier alpha value is -5.47. The number of nitrogens with zero attached hydrogens (tertiary/aromatic N) is 5. The van der Waals surface area contributed by atoms with E-state index < -0.39 is 22.3 Å². The predicted octanol–water partition coefficient (Wildman–Crippen LogP) is 7.81. The van der Waals surface area contributed by atoms with E-state index in [-0.39, 0.29) is 25.2 Å². The monoisotopic (exact) mass is 812 g/mol. The number of hydrogen-bond donors (Lipinski definition) is 1. The van der Waals surface area contributed by atoms with E-state index in [0.29, 0.717) is 29.8 Å². The highest BCUT2D eigenvalue weighted by molar-refractivity contribution is 9.10. The van der Waals surface area contributed by atoms with E-state index in [9.17, 15) is 9.59 Å². The molecule has 4 aromatic rings. The van der Waals surface area contributed by atoms with Crippen LogP contribution in [-0.4, -0.2) is 58.7 Å². The number of benzene rings is 4. The SMILES string of the molecule is C.CC1=NC2(C(=O)N1C)c1cc(Br)ccc1OC21CCc2ccccc2CC1.[C-]#[N+]c1ccc2c(c1)C1(N=C(N)N(C)C1=O)C1(CCc3ccccc3CC1)O2. The topological polar surface area (TPSA) is 114 Å². The van der Waals surface area contributed by atoms with Gasteiger partial charge in [-0.15, -0.1) is 0 Å². The number of likely N-dealkylation sites (N-methyl/N-ethyl adjacent to an activating group) is 2. The molecule has 56 heavy (non-hydrogen) atoms. The second-order valence-electron chi connectivity index (χ2n) is 15.4. The average Bonchev–Trinajstić information content (AvgIpc) is 3.66. The number of nitrogens with two attached hydrogens (primary N) is 1. The third-order valence-corrected chi connectivity index (χ3v) is 13.3. The molecule has 4 aromatic carbocycles. The number of amidine groups is 1. The highest BCUT2D eigenvalue weighted by Crippen LogP contribution is 2.59. The first-order valence-corrected chi connectivity index (χ1v) is 19.6. The third kappa shape index (κ3) is 5.11. The average molecular weight is 814 g/mol. The Labute approximate surface area is 336 Å². The summed E-state index contributed by atoms with van der Waals surface area (Å²) in [6.07, 6.45) is 6.23. The van der Waals surface area contributed by atoms with Crippen molar-refractivity contribution < 1.29 is 19.1 Å². The van der Waals surface area contributed by atoms with Gasteiger partial charge in [-0.1, -0.05) is 78.0 Å². The van der Waals surface area contributed by atoms with Gasteiger partial charge in [0.2, 0.25) is 11.1 Å². The van der Waals surface area contributed by atoms with Crippen LogP contribution in [0.25, 0.3) is 4.85 Å². The van der Waals surface area contributed by atoms with Crippen LogP contribution in [0.4, 0.5) is 5.69 Å². The third-order valence-electron chi connectivity index (χ3n) is 12.8. The summed E-state index contributed by atoms with van der Waals surface area (Å²) in [5.41, 5.74) is 9.68. The van der Waals surface area contributed by atoms with Crippen molar-refractivity contribution in [2.24, 2.45) is 15.7 Å². The molecule has 6 aliphatic rings. The minimum absolute atomic E-state index is 0. The molecule has 2 atom stereocenters. The van der Waals surface area contributed by atoms with Crippen LogP contribution in [0.2, 0.25) is 0 Å². The first-order valence-electron chi connectivity index (χ1n) is 18.8. The summed E-state index contributed by atoms with van der Waals surface area (Å²) in [7, 11) is 3.46. The number of carbonyl (C=O) groups excluding carboxylic acids is 2. The molecule has 10 rings (SSSR count). The lowest BCUT2D eigenvalue weighted by molar-refractivity contribution is -0.138. The van der Waals surface area contributed by atoms with Gasteiger partial charge in [-0.2, -0.15) is 0 Å². The van der Waals surface area contributed by atoms with Gasteiger partial charge in [-0.25, -0.2) is 14.8 Å². The molecular formula is C45H45BrN6O4. The largest absolute Gasteiger partial charge is 0.483 e. The predicted molar refractivity (Wildman–Crippen MR) is 220 cm³/mol. The summed E-state index contributed by atoms with van der Waals surface area (Å²) >= 11 is 3.57. The molecule has 4 heterocycles. The molecule has 4 aliphatic heterocycles. The van der Waals surface area contributed by atoms with Gasteiger partial charge in [0.25, 0.3) is 11.8 Å². The van der Waals surface area contributed by atoms with E-state index in [1.807, 2.05) is 44.3 Å². The van der Waals surface area contributed by atoms with Crippen molar-refractivity contribution in [3.8, 4) is 11.5 Å². The molecule has 4 spiro atoms. The van der Waals surface area contributed by atoms with E-state index in [4.69, 9.17) is 31.8 Å². The van der Waals surface area contributed by atoms with Crippen molar-refractivity contribution in [3.63, 3.8) is 0 Å². The molecular weight excluding hydrogens is 768 g/mol. The number of halogens is 1. The number of rotatable bonds is 0. The van der Waals surface area contributed by atoms with E-state index in [0.717, 1.165) is 60.1 Å². The first-order chi connectivity index (χ1) is 26.5. The molecule has 286 valence electrons. The highest BCUT2D eigenvalue weighted by atomic mass is 79.9. The lowest BCUT2D eigenvalue weighted by atomic mass is 9.72. The summed E-state index contributed by atoms with van der Waals surface area (Å²) in [5, 5.41) is 0. The zero-order valence-corrected chi connectivity index (χ0v) is 32.7. The fourth-order valence-corrected chi connectivity index (χ4v) is 10.2. The quantitative estimate of drug-likeness (QED) is 0.182. The van der Waals surface area contributed by atoms with Crippen molar-refractivity contribution in [2.75, 3.05) is 14.1 Å². The molecule has 0 fully saturated rings. The molecule has 0 bridgehead atoms. The van der Waals surface area contributed by atoms with E-state index in [1.165, 1.54) is 27.2 Å². The molecule has 11 heteroatoms. The van der Waals surface area contributed by atoms with Crippen LogP contribution in [0, 0.1) is 6.57 Å². The second-order valence-corrected chi connectivity index (χ2v) is 16.4. The summed E-state index contributed by atoms with van der Waals surface area (Å²) < 4.78 is 14.1. The van der Waals surface area contributed by atoms with Crippen LogP contribution in [0.15, 0.2) is 99.4 Å². The Kier molecular flexibility index (Phi) is 8.92. The van der Waals surface area contributed by atoms with Gasteiger partial charge in [0.1, 0.15) is 28.5 Å². The molecule has 10 nitrogen and oxygen atoms in total. The van der Waals surface area contributed by atoms with Crippen LogP contribution in [0.5, 0.6) is 11.5 Å². The number of hydrogen-bond acceptors (Lipinski definition) is 7. The van der Waals surface area contributed by atoms with Crippen molar-refractivity contribution in [2.45, 2.75) is 88.0 Å². The van der Waals surface area contributed by atoms with Crippen LogP contribution < -0.4 is 15.2 Å². The van der Waals surface area contributed by atoms with Gasteiger partial charge in [0.05, 0.1) is 6.57 Å². The van der Waals surface area contributed by atoms with Crippen LogP contribution in [0.3, 0.4) is 0 Å². The molecule has 0 radical (unpaired) electrons. The molecule has 0 saturated carbocycles. The molecule has 2 aliphatic carbocycles. The lowest BCUT2D eigenvalue weighted by Gasteiger charge is -2.38. The number of ether oxygens (including phenoxy) is 2. The molecule has 0 saturated heterocycles. The maximum absolute atomic E-state index is 13.6. The van der Waals surface area contributed by atoms with Gasteiger partial charge in [0, 0.05) is 29.7 Å². The van der Waals surface area contributed by atoms with Crippen LogP contribution in [0.1, 0.15) is 73.4 Å². The van der Waals surface area contributed by atoms with Crippen molar-refractivity contribution in [1.29, 1.82) is 0 Å². The van der Waals surface area contributed by atoms with E-state index in [1.54, 1.807) is 30.1 Å². The molecule has 0 aromatic heterocycles. The Morgan fingerprint density at radius 3 is 1.57 bits per heavy atom. The molecule has 2 unspecified atom stereocenters. The maximum atomic E-state index is 13.6. The van der Waals surface area contributed by atoms with Gasteiger partial charge in [-0.05, 0) is 111 Å². The summed E-state index contributed by atoms with van der Waals surface area (Å²) in [6.45, 7) is 9.29. The van der Waals surface area contributed by atoms with Gasteiger partial charge >= 0.3 is 0 Å². The minimum atomic E-state index is -1.23. The van der Waals surface area contributed by atoms with Gasteiger partial charge in [0.15, 0.2) is 11.6 Å². The fourth-order valence-electron chi connectivity index (χ4n) is 9.85. The Morgan fingerprint density at radius 2 is 1.14 bits per heavy atom. The number of aliphatic imine (C=N–C) groups is 2. The zero-order chi connectivity index (χ0) is 38.3. The maximum Gasteiger partial charge on any atom is 0.265 e. The van der Waals surface area contributed by atoms with Gasteiger partial charge < -0.3 is 20.1 Å². The molecule has 2 amide bonds. The summed E-state index contributed by atoms with van der Waals surface area (Å²) in [6, 6.07) is 28.1. The number of aryl methyl sites for hydroxylation is 4. The normalized spacial score (nSPS) is 24.3. The second kappa shape index (κ2) is 13.3. The van der Waals surface area contributed by atoms with Gasteiger partial charge in [-0.3, -0.25) is 14.5 Å². The standard InChI is InChI=1S/C22H21BrN2O2.C22H20N4O2.CH4/c1-14-24-22(20(26)25(14)2)18-13-17(23)7-8-19(18)27-21(22)11-9-15-5-3-4-6-16(15)10-12-21;1-24-16-7-8-18-17(13-16)22(19(27)26(2)20(23)25-22)21(28-18)11-9-14-5-3-4-6-15(14)10-12-21;/h3-8,13H,9-12H2,1-2H3;3-8,13H,9-12H2,2H3,(H2,23,25);1H4. The summed E-state index contributed by atoms with van der Waals surface area (Å²) in [5.74, 6) is 2.18. The van der Waals surface area contributed by atoms with Crippen molar-refractivity contribution in [1.82, 2.24) is 9.80 Å². The van der Waals surface area contributed by atoms with E-state index in [2.05, 4.69) is 57.2 Å². The minimum Gasteiger partial charge on any atom is -0.483 e. The Morgan fingerprint density at radius 1 is 0.696 bits per heavy atom. The highest BCUT2D eigenvalue weighted by Gasteiger charge is 2.69. The first kappa shape index (κ1) is 37.5. The number of guanidine groups is 1. The fraction of sp³-hybridized carbons (Fsp3) is 0.356. The van der Waals surface area contributed by atoms with Crippen molar-refractivity contribution in [3.05, 3.63) is 134 Å². The van der Waals surface area contributed by atoms with Crippen molar-refractivity contribution >= 4 is 45.2 Å². The Bertz CT molecular complexity index is 2370. The Balaban J connectivity index is 0.000000155. The number of carbonyl (C=O) groups is 2. The van der Waals surface area contributed by atoms with Crippen LogP contribution >= 0.6 is 15.9 Å². The number of amides is 2. The smallest absolute Gasteiger partial charge is 0.265 e. The number of fused-ring (bicyclic) bond motifs is 8. The van der Waals surface area contributed by atoms with E-state index >= 15 is 0 Å². The van der Waals surface area contributed by atoms with Crippen LogP contribution in [-0.2, 0) is 46.4 Å². The lowest BCUT2D eigenvalue weighted by Crippen LogP contribution is -2.56. The zero-order valence-electron chi connectivity index (χ0n) is 31.1. The molecule has 2 N–H and O–H groups in total. The summed E-state index contributed by atoms with van der Waals surface area (Å²) in [4.78, 5) is 43.5.